The molecule has 0 aliphatic heterocycles. The Labute approximate surface area is 131 Å². The molecule has 1 aromatic carbocycles. The van der Waals surface area contributed by atoms with Gasteiger partial charge in [-0.15, -0.1) is 0 Å². The van der Waals surface area contributed by atoms with Gasteiger partial charge in [-0.05, 0) is 24.6 Å². The van der Waals surface area contributed by atoms with Gasteiger partial charge in [0.2, 0.25) is 12.3 Å². The summed E-state index contributed by atoms with van der Waals surface area (Å²) in [6, 6.07) is 6.16. The Kier molecular flexibility index (Phi) is 6.56. The van der Waals surface area contributed by atoms with Gasteiger partial charge >= 0.3 is 0 Å². The third-order valence-electron chi connectivity index (χ3n) is 3.24. The second-order valence-electron chi connectivity index (χ2n) is 4.82. The van der Waals surface area contributed by atoms with Crippen molar-refractivity contribution in [2.24, 2.45) is 7.05 Å². The Balaban J connectivity index is 0.00000116. The van der Waals surface area contributed by atoms with Crippen LogP contribution in [0.5, 0.6) is 0 Å². The molecular weight excluding hydrogens is 280 g/mol. The van der Waals surface area contributed by atoms with E-state index in [-0.39, 0.29) is 12.3 Å². The van der Waals surface area contributed by atoms with Gasteiger partial charge in [0.05, 0.1) is 5.52 Å². The van der Waals surface area contributed by atoms with E-state index in [0.717, 1.165) is 16.7 Å². The Morgan fingerprint density at radius 2 is 2.09 bits per heavy atom. The molecule has 120 valence electrons. The SMILES string of the molecule is CC.Cc1ccc2c(N(C)CCC(=O)NC=O)nn(C)c2c1. The summed E-state index contributed by atoms with van der Waals surface area (Å²) in [6.45, 7) is 6.54. The van der Waals surface area contributed by atoms with Crippen LogP contribution in [-0.2, 0) is 16.6 Å². The van der Waals surface area contributed by atoms with Crippen molar-refractivity contribution in [2.45, 2.75) is 27.2 Å². The lowest BCUT2D eigenvalue weighted by atomic mass is 10.2. The molecule has 0 saturated carbocycles. The normalized spacial score (nSPS) is 9.86. The lowest BCUT2D eigenvalue weighted by Gasteiger charge is -2.15. The average molecular weight is 304 g/mol. The molecule has 1 N–H and O–H groups in total. The van der Waals surface area contributed by atoms with Gasteiger partial charge in [0.25, 0.3) is 0 Å². The fourth-order valence-electron chi connectivity index (χ4n) is 2.14. The van der Waals surface area contributed by atoms with Crippen LogP contribution in [0.25, 0.3) is 10.9 Å². The van der Waals surface area contributed by atoms with E-state index in [0.29, 0.717) is 13.0 Å². The molecule has 0 radical (unpaired) electrons. The zero-order valence-corrected chi connectivity index (χ0v) is 13.9. The maximum Gasteiger partial charge on any atom is 0.228 e. The summed E-state index contributed by atoms with van der Waals surface area (Å²) in [5.74, 6) is 0.546. The number of nitrogens with zero attached hydrogens (tertiary/aromatic N) is 3. The molecule has 0 bridgehead atoms. The number of amides is 2. The van der Waals surface area contributed by atoms with E-state index in [4.69, 9.17) is 0 Å². The second kappa shape index (κ2) is 8.17. The number of aryl methyl sites for hydroxylation is 2. The predicted molar refractivity (Wildman–Crippen MR) is 88.9 cm³/mol. The number of carbonyl (C=O) groups is 2. The summed E-state index contributed by atoms with van der Waals surface area (Å²) in [5.41, 5.74) is 2.24. The van der Waals surface area contributed by atoms with Crippen LogP contribution in [0.15, 0.2) is 18.2 Å². The van der Waals surface area contributed by atoms with Crippen LogP contribution in [0.4, 0.5) is 5.82 Å². The van der Waals surface area contributed by atoms with Crippen LogP contribution in [-0.4, -0.2) is 35.7 Å². The van der Waals surface area contributed by atoms with Crippen molar-refractivity contribution >= 4 is 29.0 Å². The smallest absolute Gasteiger partial charge is 0.228 e. The number of benzene rings is 1. The largest absolute Gasteiger partial charge is 0.357 e. The van der Waals surface area contributed by atoms with Gasteiger partial charge in [0.1, 0.15) is 0 Å². The van der Waals surface area contributed by atoms with Crippen LogP contribution in [0, 0.1) is 6.92 Å². The van der Waals surface area contributed by atoms with Crippen LogP contribution in [0.2, 0.25) is 0 Å². The summed E-state index contributed by atoms with van der Waals surface area (Å²) in [7, 11) is 3.79. The summed E-state index contributed by atoms with van der Waals surface area (Å²) in [6.07, 6.45) is 0.653. The Bertz CT molecular complexity index is 649. The molecule has 0 atom stereocenters. The van der Waals surface area contributed by atoms with Crippen LogP contribution in [0.3, 0.4) is 0 Å². The Hall–Kier alpha value is -2.37. The van der Waals surface area contributed by atoms with Crippen LogP contribution in [0.1, 0.15) is 25.8 Å². The molecule has 6 heteroatoms. The quantitative estimate of drug-likeness (QED) is 0.858. The monoisotopic (exact) mass is 304 g/mol. The third kappa shape index (κ3) is 4.07. The van der Waals surface area contributed by atoms with E-state index in [9.17, 15) is 9.59 Å². The lowest BCUT2D eigenvalue weighted by Crippen LogP contribution is -2.28. The van der Waals surface area contributed by atoms with Gasteiger partial charge in [0.15, 0.2) is 5.82 Å². The number of rotatable bonds is 5. The minimum atomic E-state index is -0.289. The van der Waals surface area contributed by atoms with Gasteiger partial charge in [-0.1, -0.05) is 19.9 Å². The predicted octanol–water partition coefficient (Wildman–Crippen LogP) is 2.01. The van der Waals surface area contributed by atoms with E-state index in [2.05, 4.69) is 16.5 Å². The van der Waals surface area contributed by atoms with Crippen molar-refractivity contribution in [3.8, 4) is 0 Å². The number of fused-ring (bicyclic) bond motifs is 1. The fourth-order valence-corrected chi connectivity index (χ4v) is 2.14. The molecule has 0 fully saturated rings. The third-order valence-corrected chi connectivity index (χ3v) is 3.24. The number of nitrogens with one attached hydrogen (secondary N) is 1. The molecule has 0 unspecified atom stereocenters. The molecular formula is C16H24N4O2. The highest BCUT2D eigenvalue weighted by atomic mass is 16.2. The molecule has 2 amide bonds. The summed E-state index contributed by atoms with van der Waals surface area (Å²) >= 11 is 0. The molecule has 1 heterocycles. The molecule has 0 aliphatic carbocycles. The minimum Gasteiger partial charge on any atom is -0.357 e. The zero-order chi connectivity index (χ0) is 16.7. The van der Waals surface area contributed by atoms with Crippen LogP contribution >= 0.6 is 0 Å². The highest BCUT2D eigenvalue weighted by molar-refractivity contribution is 5.91. The molecule has 6 nitrogen and oxygen atoms in total. The first-order valence-electron chi connectivity index (χ1n) is 7.40. The lowest BCUT2D eigenvalue weighted by molar-refractivity contribution is -0.125. The first kappa shape index (κ1) is 17.7. The molecule has 1 aromatic heterocycles. The number of anilines is 1. The summed E-state index contributed by atoms with van der Waals surface area (Å²) in [4.78, 5) is 23.4. The highest BCUT2D eigenvalue weighted by Gasteiger charge is 2.13. The molecule has 2 rings (SSSR count). The van der Waals surface area contributed by atoms with Gasteiger partial charge in [-0.25, -0.2) is 0 Å². The number of imide groups is 1. The van der Waals surface area contributed by atoms with E-state index < -0.39 is 0 Å². The van der Waals surface area contributed by atoms with Crippen molar-refractivity contribution in [3.63, 3.8) is 0 Å². The van der Waals surface area contributed by atoms with Crippen LogP contribution < -0.4 is 10.2 Å². The zero-order valence-electron chi connectivity index (χ0n) is 13.9. The maximum atomic E-state index is 11.3. The first-order chi connectivity index (χ1) is 10.5. The number of hydrogen-bond donors (Lipinski definition) is 1. The minimum absolute atomic E-state index is 0.249. The van der Waals surface area contributed by atoms with E-state index in [1.165, 1.54) is 5.56 Å². The number of hydrogen-bond acceptors (Lipinski definition) is 4. The van der Waals surface area contributed by atoms with Crippen molar-refractivity contribution in [3.05, 3.63) is 23.8 Å². The van der Waals surface area contributed by atoms with Gasteiger partial charge < -0.3 is 4.90 Å². The first-order valence-corrected chi connectivity index (χ1v) is 7.40. The van der Waals surface area contributed by atoms with Crippen molar-refractivity contribution in [1.29, 1.82) is 0 Å². The number of carbonyl (C=O) groups excluding carboxylic acids is 2. The maximum absolute atomic E-state index is 11.3. The van der Waals surface area contributed by atoms with Gasteiger partial charge in [0, 0.05) is 32.4 Å². The van der Waals surface area contributed by atoms with Crippen molar-refractivity contribution in [2.75, 3.05) is 18.5 Å². The van der Waals surface area contributed by atoms with Crippen molar-refractivity contribution < 1.29 is 9.59 Å². The fraction of sp³-hybridized carbons (Fsp3) is 0.438. The Morgan fingerprint density at radius 1 is 1.41 bits per heavy atom. The summed E-state index contributed by atoms with van der Waals surface area (Å²) in [5, 5.41) is 7.68. The molecule has 0 saturated heterocycles. The molecule has 0 spiro atoms. The standard InChI is InChI=1S/C14H18N4O2.C2H6/c1-10-4-5-11-12(8-10)18(3)16-14(11)17(2)7-6-13(20)15-9-19;1-2/h4-5,8-9H,6-7H2,1-3H3,(H,15,19,20);1-2H3. The number of aromatic nitrogens is 2. The molecule has 2 aromatic rings. The van der Waals surface area contributed by atoms with E-state index >= 15 is 0 Å². The van der Waals surface area contributed by atoms with E-state index in [1.54, 1.807) is 0 Å². The van der Waals surface area contributed by atoms with Gasteiger partial charge in [-0.3, -0.25) is 19.6 Å². The average Bonchev–Trinajstić information content (AvgIpc) is 2.84. The Morgan fingerprint density at radius 3 is 2.73 bits per heavy atom. The second-order valence-corrected chi connectivity index (χ2v) is 4.82. The van der Waals surface area contributed by atoms with Gasteiger partial charge in [-0.2, -0.15) is 5.10 Å². The molecule has 0 aliphatic rings. The summed E-state index contributed by atoms with van der Waals surface area (Å²) < 4.78 is 1.83. The highest BCUT2D eigenvalue weighted by Crippen LogP contribution is 2.25. The van der Waals surface area contributed by atoms with E-state index in [1.807, 2.05) is 56.6 Å². The topological polar surface area (TPSA) is 67.2 Å². The molecule has 22 heavy (non-hydrogen) atoms. The van der Waals surface area contributed by atoms with Crippen molar-refractivity contribution in [1.82, 2.24) is 15.1 Å².